The molecule has 2 rings (SSSR count). The zero-order valence-corrected chi connectivity index (χ0v) is 14.8. The fraction of sp³-hybridized carbons (Fsp3) is 0.882. The fourth-order valence-corrected chi connectivity index (χ4v) is 3.63. The van der Waals surface area contributed by atoms with Crippen molar-refractivity contribution in [2.45, 2.75) is 70.3 Å². The lowest BCUT2D eigenvalue weighted by atomic mass is 9.85. The Kier molecular flexibility index (Phi) is 9.56. The molecule has 6 heteroatoms. The molecule has 0 atom stereocenters. The third kappa shape index (κ3) is 6.68. The summed E-state index contributed by atoms with van der Waals surface area (Å²) in [6.07, 6.45) is 10.0. The molecule has 0 aromatic rings. The molecule has 0 radical (unpaired) electrons. The summed E-state index contributed by atoms with van der Waals surface area (Å²) in [5.41, 5.74) is 5.44. The first-order valence-electron chi connectivity index (χ1n) is 8.99. The molecule has 2 aliphatic carbocycles. The van der Waals surface area contributed by atoms with Crippen molar-refractivity contribution in [1.82, 2.24) is 10.6 Å². The van der Waals surface area contributed by atoms with Crippen molar-refractivity contribution in [2.24, 2.45) is 17.6 Å². The maximum atomic E-state index is 12.1. The summed E-state index contributed by atoms with van der Waals surface area (Å²) in [6, 6.07) is 0.273. The Hall–Kier alpha value is -0.810. The van der Waals surface area contributed by atoms with E-state index >= 15 is 0 Å². The topological polar surface area (TPSA) is 84.2 Å². The molecular formula is C17H32ClN3O2. The van der Waals surface area contributed by atoms with Gasteiger partial charge in [0.2, 0.25) is 11.8 Å². The van der Waals surface area contributed by atoms with E-state index in [0.717, 1.165) is 57.9 Å². The van der Waals surface area contributed by atoms with Crippen LogP contribution in [0, 0.1) is 11.8 Å². The Balaban J connectivity index is 0.00000264. The number of hydrogen-bond donors (Lipinski definition) is 3. The Bertz CT molecular complexity index is 365. The van der Waals surface area contributed by atoms with Gasteiger partial charge in [-0.3, -0.25) is 9.59 Å². The van der Waals surface area contributed by atoms with Gasteiger partial charge in [0.1, 0.15) is 0 Å². The fourth-order valence-electron chi connectivity index (χ4n) is 3.63. The van der Waals surface area contributed by atoms with Crippen LogP contribution >= 0.6 is 12.4 Å². The lowest BCUT2D eigenvalue weighted by molar-refractivity contribution is -0.126. The van der Waals surface area contributed by atoms with Gasteiger partial charge in [-0.1, -0.05) is 12.8 Å². The second-order valence-electron chi connectivity index (χ2n) is 6.83. The summed E-state index contributed by atoms with van der Waals surface area (Å²) in [5, 5.41) is 6.20. The van der Waals surface area contributed by atoms with Crippen molar-refractivity contribution in [3.63, 3.8) is 0 Å². The monoisotopic (exact) mass is 345 g/mol. The summed E-state index contributed by atoms with van der Waals surface area (Å²) in [4.78, 5) is 24.2. The number of hydrogen-bond acceptors (Lipinski definition) is 3. The number of unbranched alkanes of at least 4 members (excludes halogenated alkanes) is 1. The molecule has 2 amide bonds. The summed E-state index contributed by atoms with van der Waals surface area (Å²) in [7, 11) is 0. The molecule has 23 heavy (non-hydrogen) atoms. The number of carbonyl (C=O) groups excluding carboxylic acids is 2. The summed E-state index contributed by atoms with van der Waals surface area (Å²) < 4.78 is 0. The first kappa shape index (κ1) is 20.2. The Morgan fingerprint density at radius 2 is 1.48 bits per heavy atom. The van der Waals surface area contributed by atoms with Crippen molar-refractivity contribution in [3.05, 3.63) is 0 Å². The minimum absolute atomic E-state index is 0. The summed E-state index contributed by atoms with van der Waals surface area (Å²) in [6.45, 7) is 1.41. The molecule has 2 saturated carbocycles. The molecule has 5 nitrogen and oxygen atoms in total. The SMILES string of the molecule is Cl.NCCCCNC(=O)C1CCC(NC(=O)C2CCCC2)CC1. The van der Waals surface area contributed by atoms with Crippen LogP contribution in [0.15, 0.2) is 0 Å². The molecule has 2 aliphatic rings. The van der Waals surface area contributed by atoms with E-state index in [4.69, 9.17) is 5.73 Å². The number of rotatable bonds is 7. The first-order valence-corrected chi connectivity index (χ1v) is 8.99. The van der Waals surface area contributed by atoms with Gasteiger partial charge in [0.15, 0.2) is 0 Å². The first-order chi connectivity index (χ1) is 10.7. The van der Waals surface area contributed by atoms with E-state index in [0.29, 0.717) is 6.54 Å². The van der Waals surface area contributed by atoms with Crippen LogP contribution < -0.4 is 16.4 Å². The molecule has 0 heterocycles. The van der Waals surface area contributed by atoms with E-state index in [2.05, 4.69) is 10.6 Å². The van der Waals surface area contributed by atoms with E-state index in [-0.39, 0.29) is 42.1 Å². The largest absolute Gasteiger partial charge is 0.356 e. The highest BCUT2D eigenvalue weighted by Gasteiger charge is 2.29. The van der Waals surface area contributed by atoms with Gasteiger partial charge in [-0.15, -0.1) is 12.4 Å². The van der Waals surface area contributed by atoms with E-state index in [1.807, 2.05) is 0 Å². The number of nitrogens with two attached hydrogens (primary N) is 1. The number of carbonyl (C=O) groups is 2. The van der Waals surface area contributed by atoms with Crippen molar-refractivity contribution in [2.75, 3.05) is 13.1 Å². The van der Waals surface area contributed by atoms with Crippen LogP contribution in [0.5, 0.6) is 0 Å². The molecule has 0 aliphatic heterocycles. The lowest BCUT2D eigenvalue weighted by Crippen LogP contribution is -2.42. The molecule has 2 fully saturated rings. The van der Waals surface area contributed by atoms with Gasteiger partial charge in [0.25, 0.3) is 0 Å². The van der Waals surface area contributed by atoms with Gasteiger partial charge in [0.05, 0.1) is 0 Å². The third-order valence-corrected chi connectivity index (χ3v) is 5.10. The highest BCUT2D eigenvalue weighted by Crippen LogP contribution is 2.27. The zero-order valence-electron chi connectivity index (χ0n) is 14.0. The predicted molar refractivity (Wildman–Crippen MR) is 94.4 cm³/mol. The number of halogens is 1. The maximum absolute atomic E-state index is 12.1. The van der Waals surface area contributed by atoms with E-state index in [1.54, 1.807) is 0 Å². The van der Waals surface area contributed by atoms with E-state index in [9.17, 15) is 9.59 Å². The molecule has 0 unspecified atom stereocenters. The molecule has 0 saturated heterocycles. The Labute approximate surface area is 145 Å². The van der Waals surface area contributed by atoms with Crippen LogP contribution in [0.3, 0.4) is 0 Å². The van der Waals surface area contributed by atoms with Gasteiger partial charge in [-0.05, 0) is 57.9 Å². The average molecular weight is 346 g/mol. The van der Waals surface area contributed by atoms with Gasteiger partial charge in [0, 0.05) is 24.4 Å². The van der Waals surface area contributed by atoms with Crippen LogP contribution in [-0.4, -0.2) is 30.9 Å². The zero-order chi connectivity index (χ0) is 15.8. The van der Waals surface area contributed by atoms with Gasteiger partial charge >= 0.3 is 0 Å². The standard InChI is InChI=1S/C17H31N3O2.ClH/c18-11-3-4-12-19-16(21)14-7-9-15(10-8-14)20-17(22)13-5-1-2-6-13;/h13-15H,1-12,18H2,(H,19,21)(H,20,22);1H. The highest BCUT2D eigenvalue weighted by molar-refractivity contribution is 5.85. The molecule has 0 bridgehead atoms. The van der Waals surface area contributed by atoms with Crippen molar-refractivity contribution < 1.29 is 9.59 Å². The molecule has 0 aromatic carbocycles. The smallest absolute Gasteiger partial charge is 0.223 e. The van der Waals surface area contributed by atoms with Crippen molar-refractivity contribution in [3.8, 4) is 0 Å². The third-order valence-electron chi connectivity index (χ3n) is 5.10. The molecular weight excluding hydrogens is 314 g/mol. The number of nitrogens with one attached hydrogen (secondary N) is 2. The maximum Gasteiger partial charge on any atom is 0.223 e. The van der Waals surface area contributed by atoms with Gasteiger partial charge in [-0.2, -0.15) is 0 Å². The van der Waals surface area contributed by atoms with Gasteiger partial charge < -0.3 is 16.4 Å². The normalized spacial score (nSPS) is 24.7. The molecule has 0 aromatic heterocycles. The molecule has 0 spiro atoms. The summed E-state index contributed by atoms with van der Waals surface area (Å²) in [5.74, 6) is 0.783. The quantitative estimate of drug-likeness (QED) is 0.618. The Morgan fingerprint density at radius 3 is 2.09 bits per heavy atom. The van der Waals surface area contributed by atoms with Crippen LogP contribution in [-0.2, 0) is 9.59 Å². The lowest BCUT2D eigenvalue weighted by Gasteiger charge is -2.29. The van der Waals surface area contributed by atoms with E-state index < -0.39 is 0 Å². The van der Waals surface area contributed by atoms with Gasteiger partial charge in [-0.25, -0.2) is 0 Å². The van der Waals surface area contributed by atoms with Crippen LogP contribution in [0.4, 0.5) is 0 Å². The average Bonchev–Trinajstić information content (AvgIpc) is 3.06. The molecule has 4 N–H and O–H groups in total. The van der Waals surface area contributed by atoms with Crippen LogP contribution in [0.1, 0.15) is 64.2 Å². The second kappa shape index (κ2) is 10.9. The minimum atomic E-state index is 0. The summed E-state index contributed by atoms with van der Waals surface area (Å²) >= 11 is 0. The predicted octanol–water partition coefficient (Wildman–Crippen LogP) is 2.13. The Morgan fingerprint density at radius 1 is 0.870 bits per heavy atom. The van der Waals surface area contributed by atoms with Crippen molar-refractivity contribution in [1.29, 1.82) is 0 Å². The van der Waals surface area contributed by atoms with Crippen LogP contribution in [0.25, 0.3) is 0 Å². The second-order valence-corrected chi connectivity index (χ2v) is 6.83. The molecule has 134 valence electrons. The minimum Gasteiger partial charge on any atom is -0.356 e. The highest BCUT2D eigenvalue weighted by atomic mass is 35.5. The van der Waals surface area contributed by atoms with E-state index in [1.165, 1.54) is 12.8 Å². The van der Waals surface area contributed by atoms with Crippen molar-refractivity contribution >= 4 is 24.2 Å². The number of amides is 2. The van der Waals surface area contributed by atoms with Crippen LogP contribution in [0.2, 0.25) is 0 Å².